The lowest BCUT2D eigenvalue weighted by atomic mass is 10.0. The number of nitrogens with zero attached hydrogens (tertiary/aromatic N) is 1. The van der Waals surface area contributed by atoms with Crippen molar-refractivity contribution in [2.75, 3.05) is 13.1 Å². The third-order valence-electron chi connectivity index (χ3n) is 3.91. The third kappa shape index (κ3) is 2.08. The molecule has 1 atom stereocenters. The van der Waals surface area contributed by atoms with E-state index < -0.39 is 0 Å². The molecule has 1 fully saturated rings. The number of rotatable bonds is 2. The second-order valence-electron chi connectivity index (χ2n) is 5.41. The van der Waals surface area contributed by atoms with Crippen LogP contribution in [0.4, 0.5) is 0 Å². The first kappa shape index (κ1) is 11.5. The van der Waals surface area contributed by atoms with Crippen molar-refractivity contribution in [2.24, 2.45) is 5.92 Å². The first-order valence-corrected chi connectivity index (χ1v) is 6.66. The zero-order valence-corrected chi connectivity index (χ0v) is 10.8. The van der Waals surface area contributed by atoms with Gasteiger partial charge in [-0.2, -0.15) is 0 Å². The molecule has 1 saturated heterocycles. The maximum atomic E-state index is 10.1. The van der Waals surface area contributed by atoms with Gasteiger partial charge in [-0.15, -0.1) is 0 Å². The molecule has 0 radical (unpaired) electrons. The molecule has 0 spiro atoms. The summed E-state index contributed by atoms with van der Waals surface area (Å²) in [6.07, 6.45) is 1.27. The monoisotopic (exact) mass is 241 g/mol. The van der Waals surface area contributed by atoms with Gasteiger partial charge in [0.1, 0.15) is 5.75 Å². The normalized spacial score (nSPS) is 20.6. The standard InChI is InChI=1S/C16H19NO/c1-12-8-9-17(10-12)11-15-14-5-3-2-4-13(14)6-7-16(15)18/h2-7,12,18H,8-11H2,1H3. The van der Waals surface area contributed by atoms with Crippen LogP contribution in [-0.2, 0) is 6.54 Å². The summed E-state index contributed by atoms with van der Waals surface area (Å²) in [5.74, 6) is 1.20. The maximum Gasteiger partial charge on any atom is 0.120 e. The topological polar surface area (TPSA) is 23.5 Å². The van der Waals surface area contributed by atoms with Crippen LogP contribution in [0.3, 0.4) is 0 Å². The molecular formula is C16H19NO. The van der Waals surface area contributed by atoms with Gasteiger partial charge in [0.25, 0.3) is 0 Å². The molecule has 3 rings (SSSR count). The molecule has 1 unspecified atom stereocenters. The number of aromatic hydroxyl groups is 1. The van der Waals surface area contributed by atoms with E-state index in [-0.39, 0.29) is 0 Å². The van der Waals surface area contributed by atoms with Gasteiger partial charge >= 0.3 is 0 Å². The summed E-state index contributed by atoms with van der Waals surface area (Å²) in [4.78, 5) is 2.44. The van der Waals surface area contributed by atoms with Gasteiger partial charge in [0.05, 0.1) is 0 Å². The van der Waals surface area contributed by atoms with E-state index in [0.29, 0.717) is 5.75 Å². The Morgan fingerprint density at radius 1 is 1.22 bits per heavy atom. The highest BCUT2D eigenvalue weighted by Gasteiger charge is 2.20. The van der Waals surface area contributed by atoms with E-state index in [9.17, 15) is 5.11 Å². The van der Waals surface area contributed by atoms with E-state index in [4.69, 9.17) is 0 Å². The van der Waals surface area contributed by atoms with E-state index in [2.05, 4.69) is 24.0 Å². The van der Waals surface area contributed by atoms with Crippen LogP contribution in [0.25, 0.3) is 10.8 Å². The molecular weight excluding hydrogens is 222 g/mol. The number of hydrogen-bond donors (Lipinski definition) is 1. The molecule has 2 heteroatoms. The second-order valence-corrected chi connectivity index (χ2v) is 5.41. The van der Waals surface area contributed by atoms with E-state index in [1.165, 1.54) is 17.2 Å². The van der Waals surface area contributed by atoms with Crippen molar-refractivity contribution in [1.29, 1.82) is 0 Å². The van der Waals surface area contributed by atoms with Gasteiger partial charge < -0.3 is 5.11 Å². The van der Waals surface area contributed by atoms with Gasteiger partial charge in [0, 0.05) is 18.7 Å². The van der Waals surface area contributed by atoms with Gasteiger partial charge in [-0.3, -0.25) is 4.90 Å². The van der Waals surface area contributed by atoms with Crippen LogP contribution < -0.4 is 0 Å². The predicted octanol–water partition coefficient (Wildman–Crippen LogP) is 3.39. The minimum absolute atomic E-state index is 0.424. The molecule has 0 amide bonds. The number of phenols is 1. The molecule has 2 aromatic carbocycles. The van der Waals surface area contributed by atoms with Crippen LogP contribution in [-0.4, -0.2) is 23.1 Å². The number of phenolic OH excluding ortho intramolecular Hbond substituents is 1. The minimum Gasteiger partial charge on any atom is -0.508 e. The minimum atomic E-state index is 0.424. The van der Waals surface area contributed by atoms with Crippen molar-refractivity contribution < 1.29 is 5.11 Å². The average Bonchev–Trinajstić information content (AvgIpc) is 2.79. The van der Waals surface area contributed by atoms with Gasteiger partial charge in [-0.05, 0) is 35.7 Å². The summed E-state index contributed by atoms with van der Waals surface area (Å²) in [7, 11) is 0. The number of likely N-dealkylation sites (tertiary alicyclic amines) is 1. The van der Waals surface area contributed by atoms with E-state index in [0.717, 1.165) is 31.1 Å². The number of hydrogen-bond acceptors (Lipinski definition) is 2. The van der Waals surface area contributed by atoms with E-state index >= 15 is 0 Å². The Morgan fingerprint density at radius 2 is 2.06 bits per heavy atom. The van der Waals surface area contributed by atoms with Crippen molar-refractivity contribution in [2.45, 2.75) is 19.9 Å². The Labute approximate surface area is 108 Å². The largest absolute Gasteiger partial charge is 0.508 e. The van der Waals surface area contributed by atoms with Crippen LogP contribution in [0.15, 0.2) is 36.4 Å². The Bertz CT molecular complexity index is 564. The van der Waals surface area contributed by atoms with Crippen LogP contribution in [0.1, 0.15) is 18.9 Å². The SMILES string of the molecule is CC1CCN(Cc2c(O)ccc3ccccc23)C1. The van der Waals surface area contributed by atoms with Crippen molar-refractivity contribution in [3.05, 3.63) is 42.0 Å². The Balaban J connectivity index is 1.97. The highest BCUT2D eigenvalue weighted by atomic mass is 16.3. The first-order valence-electron chi connectivity index (χ1n) is 6.66. The zero-order valence-electron chi connectivity index (χ0n) is 10.8. The quantitative estimate of drug-likeness (QED) is 0.871. The van der Waals surface area contributed by atoms with Crippen molar-refractivity contribution >= 4 is 10.8 Å². The van der Waals surface area contributed by atoms with Crippen molar-refractivity contribution in [3.8, 4) is 5.75 Å². The first-order chi connectivity index (χ1) is 8.74. The molecule has 1 aliphatic rings. The van der Waals surface area contributed by atoms with Gasteiger partial charge in [-0.25, -0.2) is 0 Å². The van der Waals surface area contributed by atoms with Gasteiger partial charge in [-0.1, -0.05) is 37.3 Å². The summed E-state index contributed by atoms with van der Waals surface area (Å²) >= 11 is 0. The van der Waals surface area contributed by atoms with E-state index in [1.54, 1.807) is 0 Å². The fourth-order valence-corrected chi connectivity index (χ4v) is 2.88. The van der Waals surface area contributed by atoms with Crippen LogP contribution in [0.2, 0.25) is 0 Å². The van der Waals surface area contributed by atoms with Crippen LogP contribution in [0, 0.1) is 5.92 Å². The smallest absolute Gasteiger partial charge is 0.120 e. The number of fused-ring (bicyclic) bond motifs is 1. The highest BCUT2D eigenvalue weighted by Crippen LogP contribution is 2.29. The molecule has 2 aromatic rings. The maximum absolute atomic E-state index is 10.1. The Hall–Kier alpha value is -1.54. The van der Waals surface area contributed by atoms with Crippen LogP contribution >= 0.6 is 0 Å². The molecule has 0 aromatic heterocycles. The van der Waals surface area contributed by atoms with Crippen molar-refractivity contribution in [3.63, 3.8) is 0 Å². The molecule has 94 valence electrons. The highest BCUT2D eigenvalue weighted by molar-refractivity contribution is 5.87. The summed E-state index contributed by atoms with van der Waals surface area (Å²) in [6, 6.07) is 12.1. The Morgan fingerprint density at radius 3 is 2.83 bits per heavy atom. The molecule has 1 aliphatic heterocycles. The fraction of sp³-hybridized carbons (Fsp3) is 0.375. The molecule has 0 bridgehead atoms. The summed E-state index contributed by atoms with van der Waals surface area (Å²) in [6.45, 7) is 5.44. The third-order valence-corrected chi connectivity index (χ3v) is 3.91. The van der Waals surface area contributed by atoms with Gasteiger partial charge in [0.15, 0.2) is 0 Å². The van der Waals surface area contributed by atoms with Gasteiger partial charge in [0.2, 0.25) is 0 Å². The number of benzene rings is 2. The second kappa shape index (κ2) is 4.62. The molecule has 1 N–H and O–H groups in total. The molecule has 1 heterocycles. The average molecular weight is 241 g/mol. The molecule has 0 aliphatic carbocycles. The lowest BCUT2D eigenvalue weighted by Crippen LogP contribution is -2.19. The summed E-state index contributed by atoms with van der Waals surface area (Å²) < 4.78 is 0. The summed E-state index contributed by atoms with van der Waals surface area (Å²) in [5.41, 5.74) is 1.07. The summed E-state index contributed by atoms with van der Waals surface area (Å²) in [5, 5.41) is 12.5. The molecule has 2 nitrogen and oxygen atoms in total. The lowest BCUT2D eigenvalue weighted by molar-refractivity contribution is 0.315. The molecule has 0 saturated carbocycles. The van der Waals surface area contributed by atoms with E-state index in [1.807, 2.05) is 24.3 Å². The zero-order chi connectivity index (χ0) is 12.5. The van der Waals surface area contributed by atoms with Crippen LogP contribution in [0.5, 0.6) is 5.75 Å². The predicted molar refractivity (Wildman–Crippen MR) is 74.7 cm³/mol. The van der Waals surface area contributed by atoms with Crippen molar-refractivity contribution in [1.82, 2.24) is 4.90 Å². The lowest BCUT2D eigenvalue weighted by Gasteiger charge is -2.17. The molecule has 18 heavy (non-hydrogen) atoms. The Kier molecular flexibility index (Phi) is 2.96. The fourth-order valence-electron chi connectivity index (χ4n) is 2.88.